The van der Waals surface area contributed by atoms with E-state index in [-0.39, 0.29) is 11.4 Å². The largest absolute Gasteiger partial charge is 0.393 e. The summed E-state index contributed by atoms with van der Waals surface area (Å²) in [5.74, 6) is 0.891. The number of hydrogen-bond donors (Lipinski definition) is 3. The highest BCUT2D eigenvalue weighted by Gasteiger charge is 2.21. The molecular formula is C17H24N4O3. The highest BCUT2D eigenvalue weighted by Crippen LogP contribution is 2.25. The maximum absolute atomic E-state index is 12.2. The molecule has 1 aromatic heterocycles. The number of nitrogens with one attached hydrogen (secondary N) is 2. The smallest absolute Gasteiger partial charge is 0.319 e. The first kappa shape index (κ1) is 17.9. The summed E-state index contributed by atoms with van der Waals surface area (Å²) in [6.45, 7) is 7.90. The maximum Gasteiger partial charge on any atom is 0.319 e. The van der Waals surface area contributed by atoms with Crippen LogP contribution < -0.4 is 10.6 Å². The first-order chi connectivity index (χ1) is 11.3. The maximum atomic E-state index is 12.2. The average molecular weight is 332 g/mol. The van der Waals surface area contributed by atoms with Gasteiger partial charge in [0.05, 0.1) is 11.8 Å². The van der Waals surface area contributed by atoms with Crippen LogP contribution in [0, 0.1) is 12.3 Å². The summed E-state index contributed by atoms with van der Waals surface area (Å²) < 4.78 is 4.99. The van der Waals surface area contributed by atoms with Crippen LogP contribution >= 0.6 is 0 Å². The fraction of sp³-hybridized carbons (Fsp3) is 0.471. The third kappa shape index (κ3) is 5.06. The molecule has 2 rings (SSSR count). The van der Waals surface area contributed by atoms with Gasteiger partial charge in [-0.15, -0.1) is 0 Å². The number of aliphatic hydroxyl groups excluding tert-OH is 1. The Morgan fingerprint density at radius 2 is 2.08 bits per heavy atom. The van der Waals surface area contributed by atoms with Crippen LogP contribution in [0.2, 0.25) is 0 Å². The molecule has 3 N–H and O–H groups in total. The van der Waals surface area contributed by atoms with Crippen LogP contribution in [0.1, 0.15) is 33.1 Å². The molecule has 1 aromatic carbocycles. The zero-order valence-electron chi connectivity index (χ0n) is 14.5. The van der Waals surface area contributed by atoms with Gasteiger partial charge in [-0.05, 0) is 30.9 Å². The van der Waals surface area contributed by atoms with Crippen LogP contribution in [-0.4, -0.2) is 33.9 Å². The van der Waals surface area contributed by atoms with Gasteiger partial charge in [0.1, 0.15) is 0 Å². The first-order valence-electron chi connectivity index (χ1n) is 7.89. The summed E-state index contributed by atoms with van der Waals surface area (Å²) in [5.41, 5.74) is 1.09. The SMILES string of the molecule is Cc1nc(-c2ccccc2NC(=O)NCC(C)(C)CC(C)O)no1. The van der Waals surface area contributed by atoms with Gasteiger partial charge in [0, 0.05) is 19.0 Å². The van der Waals surface area contributed by atoms with Gasteiger partial charge in [0.15, 0.2) is 0 Å². The molecular weight excluding hydrogens is 308 g/mol. The Hall–Kier alpha value is -2.41. The molecule has 0 fully saturated rings. The lowest BCUT2D eigenvalue weighted by Gasteiger charge is -2.26. The number of para-hydroxylation sites is 1. The van der Waals surface area contributed by atoms with E-state index < -0.39 is 6.10 Å². The van der Waals surface area contributed by atoms with Gasteiger partial charge < -0.3 is 20.3 Å². The van der Waals surface area contributed by atoms with Crippen LogP contribution in [0.25, 0.3) is 11.4 Å². The number of aromatic nitrogens is 2. The minimum absolute atomic E-state index is 0.199. The molecule has 0 aliphatic rings. The molecule has 2 aromatic rings. The van der Waals surface area contributed by atoms with Crippen molar-refractivity contribution >= 4 is 11.7 Å². The summed E-state index contributed by atoms with van der Waals surface area (Å²) >= 11 is 0. The Bertz CT molecular complexity index is 695. The van der Waals surface area contributed by atoms with E-state index in [0.717, 1.165) is 0 Å². The van der Waals surface area contributed by atoms with Crippen LogP contribution in [0.5, 0.6) is 0 Å². The minimum atomic E-state index is -0.410. The lowest BCUT2D eigenvalue weighted by Crippen LogP contribution is -2.38. The number of aryl methyl sites for hydroxylation is 1. The third-order valence-corrected chi connectivity index (χ3v) is 3.52. The topological polar surface area (TPSA) is 100 Å². The third-order valence-electron chi connectivity index (χ3n) is 3.52. The van der Waals surface area contributed by atoms with Crippen molar-refractivity contribution < 1.29 is 14.4 Å². The number of rotatable bonds is 6. The van der Waals surface area contributed by atoms with Gasteiger partial charge >= 0.3 is 6.03 Å². The fourth-order valence-electron chi connectivity index (χ4n) is 2.55. The van der Waals surface area contributed by atoms with Gasteiger partial charge in [-0.25, -0.2) is 4.79 Å². The van der Waals surface area contributed by atoms with Crippen LogP contribution in [0.3, 0.4) is 0 Å². The minimum Gasteiger partial charge on any atom is -0.393 e. The van der Waals surface area contributed by atoms with E-state index in [9.17, 15) is 9.90 Å². The number of anilines is 1. The summed E-state index contributed by atoms with van der Waals surface area (Å²) in [4.78, 5) is 16.4. The quantitative estimate of drug-likeness (QED) is 0.755. The Balaban J connectivity index is 2.02. The predicted octanol–water partition coefficient (Wildman–Crippen LogP) is 2.96. The van der Waals surface area contributed by atoms with Gasteiger partial charge in [-0.1, -0.05) is 31.1 Å². The average Bonchev–Trinajstić information content (AvgIpc) is 2.91. The molecule has 0 radical (unpaired) electrons. The number of benzene rings is 1. The number of hydrogen-bond acceptors (Lipinski definition) is 5. The molecule has 0 saturated heterocycles. The Morgan fingerprint density at radius 1 is 1.38 bits per heavy atom. The molecule has 0 aliphatic carbocycles. The van der Waals surface area contributed by atoms with E-state index in [1.165, 1.54) is 0 Å². The molecule has 1 unspecified atom stereocenters. The van der Waals surface area contributed by atoms with Crippen molar-refractivity contribution in [2.24, 2.45) is 5.41 Å². The van der Waals surface area contributed by atoms with Gasteiger partial charge in [-0.2, -0.15) is 4.98 Å². The molecule has 1 atom stereocenters. The molecule has 2 amide bonds. The van der Waals surface area contributed by atoms with Crippen molar-refractivity contribution in [3.8, 4) is 11.4 Å². The highest BCUT2D eigenvalue weighted by atomic mass is 16.5. The molecule has 0 bridgehead atoms. The molecule has 7 nitrogen and oxygen atoms in total. The second-order valence-corrected chi connectivity index (χ2v) is 6.71. The zero-order chi connectivity index (χ0) is 17.7. The van der Waals surface area contributed by atoms with E-state index in [1.54, 1.807) is 19.9 Å². The van der Waals surface area contributed by atoms with Gasteiger partial charge in [-0.3, -0.25) is 0 Å². The van der Waals surface area contributed by atoms with Gasteiger partial charge in [0.2, 0.25) is 11.7 Å². The number of carbonyl (C=O) groups excluding carboxylic acids is 1. The molecule has 0 spiro atoms. The fourth-order valence-corrected chi connectivity index (χ4v) is 2.55. The molecule has 0 saturated carbocycles. The van der Waals surface area contributed by atoms with Crippen LogP contribution in [-0.2, 0) is 0 Å². The standard InChI is InChI=1S/C17H24N4O3/c1-11(22)9-17(3,4)10-18-16(23)20-14-8-6-5-7-13(14)15-19-12(2)24-21-15/h5-8,11,22H,9-10H2,1-4H3,(H2,18,20,23). The Kier molecular flexibility index (Phi) is 5.56. The monoisotopic (exact) mass is 332 g/mol. The molecule has 0 aliphatic heterocycles. The van der Waals surface area contributed by atoms with E-state index in [2.05, 4.69) is 20.8 Å². The van der Waals surface area contributed by atoms with Crippen molar-refractivity contribution in [3.05, 3.63) is 30.2 Å². The summed E-state index contributed by atoms with van der Waals surface area (Å²) in [6, 6.07) is 6.94. The molecule has 1 heterocycles. The molecule has 130 valence electrons. The lowest BCUT2D eigenvalue weighted by atomic mass is 9.87. The van der Waals surface area contributed by atoms with Crippen molar-refractivity contribution in [2.45, 2.75) is 40.2 Å². The number of aliphatic hydroxyl groups is 1. The van der Waals surface area contributed by atoms with Crippen molar-refractivity contribution in [1.82, 2.24) is 15.5 Å². The van der Waals surface area contributed by atoms with Crippen molar-refractivity contribution in [3.63, 3.8) is 0 Å². The molecule has 24 heavy (non-hydrogen) atoms. The second kappa shape index (κ2) is 7.44. The highest BCUT2D eigenvalue weighted by molar-refractivity contribution is 5.93. The number of urea groups is 1. The zero-order valence-corrected chi connectivity index (χ0v) is 14.5. The second-order valence-electron chi connectivity index (χ2n) is 6.71. The number of nitrogens with zero attached hydrogens (tertiary/aromatic N) is 2. The van der Waals surface area contributed by atoms with E-state index in [4.69, 9.17) is 4.52 Å². The summed E-state index contributed by atoms with van der Waals surface area (Å²) in [5, 5.41) is 19.0. The summed E-state index contributed by atoms with van der Waals surface area (Å²) in [7, 11) is 0. The first-order valence-corrected chi connectivity index (χ1v) is 7.89. The van der Waals surface area contributed by atoms with Crippen LogP contribution in [0.4, 0.5) is 10.5 Å². The summed E-state index contributed by atoms with van der Waals surface area (Å²) in [6.07, 6.45) is 0.193. The van der Waals surface area contributed by atoms with Crippen molar-refractivity contribution in [1.29, 1.82) is 0 Å². The molecule has 7 heteroatoms. The number of amides is 2. The van der Waals surface area contributed by atoms with Crippen LogP contribution in [0.15, 0.2) is 28.8 Å². The number of carbonyl (C=O) groups is 1. The van der Waals surface area contributed by atoms with E-state index >= 15 is 0 Å². The van der Waals surface area contributed by atoms with Gasteiger partial charge in [0.25, 0.3) is 0 Å². The Morgan fingerprint density at radius 3 is 2.71 bits per heavy atom. The van der Waals surface area contributed by atoms with Crippen molar-refractivity contribution in [2.75, 3.05) is 11.9 Å². The Labute approximate surface area is 141 Å². The van der Waals surface area contributed by atoms with E-state index in [1.807, 2.05) is 32.0 Å². The normalized spacial score (nSPS) is 12.7. The predicted molar refractivity (Wildman–Crippen MR) is 91.6 cm³/mol. The lowest BCUT2D eigenvalue weighted by molar-refractivity contribution is 0.129. The van der Waals surface area contributed by atoms with E-state index in [0.29, 0.717) is 35.9 Å².